The zero-order valence-corrected chi connectivity index (χ0v) is 9.49. The van der Waals surface area contributed by atoms with Gasteiger partial charge in [0.1, 0.15) is 16.5 Å². The van der Waals surface area contributed by atoms with Crippen molar-refractivity contribution in [3.05, 3.63) is 28.3 Å². The van der Waals surface area contributed by atoms with E-state index in [9.17, 15) is 4.79 Å². The van der Waals surface area contributed by atoms with E-state index >= 15 is 0 Å². The highest BCUT2D eigenvalue weighted by Gasteiger charge is 2.11. The first-order valence-corrected chi connectivity index (χ1v) is 5.52. The normalized spacial score (nSPS) is 10.4. The molecule has 0 aliphatic heterocycles. The second-order valence-corrected chi connectivity index (χ2v) is 4.07. The number of carbonyl (C=O) groups is 1. The van der Waals surface area contributed by atoms with Crippen LogP contribution in [-0.4, -0.2) is 20.7 Å². The van der Waals surface area contributed by atoms with E-state index in [4.69, 9.17) is 5.73 Å². The smallest absolute Gasteiger partial charge is 0.276 e. The lowest BCUT2D eigenvalue weighted by Crippen LogP contribution is -2.15. The molecule has 0 atom stereocenters. The molecule has 7 heteroatoms. The van der Waals surface area contributed by atoms with Gasteiger partial charge in [0.15, 0.2) is 0 Å². The number of aryl methyl sites for hydroxylation is 1. The number of amides is 1. The van der Waals surface area contributed by atoms with Crippen molar-refractivity contribution in [3.63, 3.8) is 0 Å². The molecule has 0 radical (unpaired) electrons. The molecule has 0 aliphatic rings. The van der Waals surface area contributed by atoms with Crippen molar-refractivity contribution in [1.82, 2.24) is 14.8 Å². The van der Waals surface area contributed by atoms with Crippen molar-refractivity contribution in [2.45, 2.75) is 6.54 Å². The van der Waals surface area contributed by atoms with E-state index in [1.54, 1.807) is 29.4 Å². The van der Waals surface area contributed by atoms with Crippen LogP contribution in [0.2, 0.25) is 0 Å². The summed E-state index contributed by atoms with van der Waals surface area (Å²) in [5.74, 6) is 0.381. The van der Waals surface area contributed by atoms with Crippen molar-refractivity contribution in [3.8, 4) is 0 Å². The van der Waals surface area contributed by atoms with Gasteiger partial charge in [-0.15, -0.1) is 11.3 Å². The summed E-state index contributed by atoms with van der Waals surface area (Å²) >= 11 is 1.38. The third kappa shape index (κ3) is 2.10. The van der Waals surface area contributed by atoms with Gasteiger partial charge in [0.05, 0.1) is 6.20 Å². The van der Waals surface area contributed by atoms with E-state index in [0.29, 0.717) is 18.1 Å². The number of nitrogens with zero attached hydrogens (tertiary/aromatic N) is 3. The van der Waals surface area contributed by atoms with E-state index < -0.39 is 0 Å². The topological polar surface area (TPSA) is 85.8 Å². The summed E-state index contributed by atoms with van der Waals surface area (Å²) in [5, 5.41) is 9.09. The van der Waals surface area contributed by atoms with Gasteiger partial charge in [0.2, 0.25) is 0 Å². The molecular formula is C9H11N5OS. The number of anilines is 1. The van der Waals surface area contributed by atoms with Crippen LogP contribution in [0, 0.1) is 0 Å². The molecule has 0 bridgehead atoms. The summed E-state index contributed by atoms with van der Waals surface area (Å²) in [6.07, 6.45) is 1.61. The van der Waals surface area contributed by atoms with Gasteiger partial charge in [-0.1, -0.05) is 0 Å². The van der Waals surface area contributed by atoms with Crippen LogP contribution in [0.1, 0.15) is 15.5 Å². The number of nitrogens with two attached hydrogens (primary N) is 1. The minimum absolute atomic E-state index is 0.250. The van der Waals surface area contributed by atoms with Gasteiger partial charge in [-0.25, -0.2) is 4.98 Å². The van der Waals surface area contributed by atoms with E-state index in [0.717, 1.165) is 5.01 Å². The molecule has 0 spiro atoms. The third-order valence-electron chi connectivity index (χ3n) is 2.02. The molecule has 0 aliphatic carbocycles. The predicted molar refractivity (Wildman–Crippen MR) is 61.2 cm³/mol. The van der Waals surface area contributed by atoms with Crippen molar-refractivity contribution in [2.75, 3.05) is 5.32 Å². The van der Waals surface area contributed by atoms with Crippen LogP contribution in [0.5, 0.6) is 0 Å². The van der Waals surface area contributed by atoms with E-state index in [1.807, 2.05) is 0 Å². The van der Waals surface area contributed by atoms with Crippen LogP contribution >= 0.6 is 11.3 Å². The molecule has 0 fully saturated rings. The molecule has 2 rings (SSSR count). The van der Waals surface area contributed by atoms with Gasteiger partial charge in [0, 0.05) is 25.0 Å². The van der Waals surface area contributed by atoms with E-state index in [2.05, 4.69) is 15.4 Å². The van der Waals surface area contributed by atoms with Crippen molar-refractivity contribution in [1.29, 1.82) is 0 Å². The minimum Gasteiger partial charge on any atom is -0.325 e. The Morgan fingerprint density at radius 3 is 3.06 bits per heavy atom. The quantitative estimate of drug-likeness (QED) is 0.818. The maximum Gasteiger partial charge on any atom is 0.276 e. The number of aromatic nitrogens is 3. The van der Waals surface area contributed by atoms with Crippen molar-refractivity contribution < 1.29 is 4.79 Å². The molecule has 0 saturated carbocycles. The summed E-state index contributed by atoms with van der Waals surface area (Å²) in [6, 6.07) is 1.72. The molecule has 16 heavy (non-hydrogen) atoms. The van der Waals surface area contributed by atoms with Crippen LogP contribution in [0.4, 0.5) is 5.82 Å². The monoisotopic (exact) mass is 237 g/mol. The molecule has 1 amide bonds. The largest absolute Gasteiger partial charge is 0.325 e. The summed E-state index contributed by atoms with van der Waals surface area (Å²) in [6.45, 7) is 0.351. The van der Waals surface area contributed by atoms with E-state index in [1.165, 1.54) is 11.3 Å². The summed E-state index contributed by atoms with van der Waals surface area (Å²) < 4.78 is 1.58. The summed E-state index contributed by atoms with van der Waals surface area (Å²) in [4.78, 5) is 15.8. The SMILES string of the molecule is Cn1nccc1NC(=O)c1csc(CN)n1. The number of hydrogen-bond donors (Lipinski definition) is 2. The maximum atomic E-state index is 11.7. The lowest BCUT2D eigenvalue weighted by atomic mass is 10.4. The van der Waals surface area contributed by atoms with Gasteiger partial charge < -0.3 is 11.1 Å². The fraction of sp³-hybridized carbons (Fsp3) is 0.222. The molecule has 0 saturated heterocycles. The Morgan fingerprint density at radius 1 is 1.69 bits per heavy atom. The lowest BCUT2D eigenvalue weighted by molar-refractivity contribution is 0.102. The number of carbonyl (C=O) groups excluding carboxylic acids is 1. The van der Waals surface area contributed by atoms with Gasteiger partial charge in [-0.2, -0.15) is 5.10 Å². The zero-order valence-electron chi connectivity index (χ0n) is 8.67. The fourth-order valence-corrected chi connectivity index (χ4v) is 1.84. The Bertz CT molecular complexity index is 503. The Kier molecular flexibility index (Phi) is 2.97. The van der Waals surface area contributed by atoms with Gasteiger partial charge in [-0.05, 0) is 0 Å². The summed E-state index contributed by atoms with van der Waals surface area (Å²) in [5.41, 5.74) is 5.81. The first kappa shape index (κ1) is 10.8. The minimum atomic E-state index is -0.250. The van der Waals surface area contributed by atoms with Crippen LogP contribution < -0.4 is 11.1 Å². The molecule has 0 aromatic carbocycles. The summed E-state index contributed by atoms with van der Waals surface area (Å²) in [7, 11) is 1.75. The molecule has 2 aromatic rings. The number of rotatable bonds is 3. The van der Waals surface area contributed by atoms with Gasteiger partial charge in [-0.3, -0.25) is 9.48 Å². The highest BCUT2D eigenvalue weighted by atomic mass is 32.1. The Morgan fingerprint density at radius 2 is 2.50 bits per heavy atom. The van der Waals surface area contributed by atoms with Crippen LogP contribution in [-0.2, 0) is 13.6 Å². The fourth-order valence-electron chi connectivity index (χ4n) is 1.19. The average Bonchev–Trinajstić information content (AvgIpc) is 2.88. The maximum absolute atomic E-state index is 11.7. The van der Waals surface area contributed by atoms with Gasteiger partial charge >= 0.3 is 0 Å². The molecule has 6 nitrogen and oxygen atoms in total. The molecule has 84 valence electrons. The Hall–Kier alpha value is -1.73. The number of thiazole rings is 1. The van der Waals surface area contributed by atoms with Gasteiger partial charge in [0.25, 0.3) is 5.91 Å². The molecule has 2 aromatic heterocycles. The molecule has 3 N–H and O–H groups in total. The highest BCUT2D eigenvalue weighted by molar-refractivity contribution is 7.09. The second kappa shape index (κ2) is 4.42. The first-order chi connectivity index (χ1) is 7.70. The standard InChI is InChI=1S/C9H11N5OS/c1-14-7(2-3-11-14)13-9(15)6-5-16-8(4-10)12-6/h2-3,5H,4,10H2,1H3,(H,13,15). The number of hydrogen-bond acceptors (Lipinski definition) is 5. The van der Waals surface area contributed by atoms with Crippen LogP contribution in [0.3, 0.4) is 0 Å². The predicted octanol–water partition coefficient (Wildman–Crippen LogP) is 0.588. The Labute approximate surface area is 96.1 Å². The second-order valence-electron chi connectivity index (χ2n) is 3.12. The molecule has 0 unspecified atom stereocenters. The molecular weight excluding hydrogens is 226 g/mol. The molecule has 2 heterocycles. The lowest BCUT2D eigenvalue weighted by Gasteiger charge is -2.02. The highest BCUT2D eigenvalue weighted by Crippen LogP contribution is 2.11. The van der Waals surface area contributed by atoms with Crippen LogP contribution in [0.25, 0.3) is 0 Å². The zero-order chi connectivity index (χ0) is 11.5. The Balaban J connectivity index is 2.11. The van der Waals surface area contributed by atoms with Crippen LogP contribution in [0.15, 0.2) is 17.6 Å². The van der Waals surface area contributed by atoms with Crippen molar-refractivity contribution in [2.24, 2.45) is 12.8 Å². The first-order valence-electron chi connectivity index (χ1n) is 4.64. The van der Waals surface area contributed by atoms with Crippen molar-refractivity contribution >= 4 is 23.1 Å². The van der Waals surface area contributed by atoms with E-state index in [-0.39, 0.29) is 5.91 Å². The third-order valence-corrected chi connectivity index (χ3v) is 2.89. The average molecular weight is 237 g/mol. The number of nitrogens with one attached hydrogen (secondary N) is 1.